The first-order valence-electron chi connectivity index (χ1n) is 6.90. The summed E-state index contributed by atoms with van der Waals surface area (Å²) >= 11 is 0. The first kappa shape index (κ1) is 17.2. The van der Waals surface area contributed by atoms with E-state index in [9.17, 15) is 13.2 Å². The zero-order valence-electron chi connectivity index (χ0n) is 12.5. The molecule has 0 saturated carbocycles. The van der Waals surface area contributed by atoms with Gasteiger partial charge in [-0.3, -0.25) is 0 Å². The van der Waals surface area contributed by atoms with Gasteiger partial charge in [0.1, 0.15) is 0 Å². The standard InChI is InChI=1S/C12H25N3O4S/c1-4-11-10-15(8-9-19-11)12(16)13-6-5-7-14(2)20(3,17)18/h11H,4-10H2,1-3H3,(H,13,16)/t11-/m0/s1. The Hall–Kier alpha value is -0.860. The quantitative estimate of drug-likeness (QED) is 0.705. The zero-order valence-corrected chi connectivity index (χ0v) is 13.3. The van der Waals surface area contributed by atoms with E-state index < -0.39 is 10.0 Å². The Kier molecular flexibility index (Phi) is 6.70. The average molecular weight is 307 g/mol. The number of ether oxygens (including phenoxy) is 1. The maximum absolute atomic E-state index is 11.9. The summed E-state index contributed by atoms with van der Waals surface area (Å²) in [6.07, 6.45) is 2.77. The van der Waals surface area contributed by atoms with Crippen molar-refractivity contribution in [2.75, 3.05) is 46.1 Å². The summed E-state index contributed by atoms with van der Waals surface area (Å²) in [5.74, 6) is 0. The minimum atomic E-state index is -3.14. The van der Waals surface area contributed by atoms with Crippen molar-refractivity contribution in [2.24, 2.45) is 0 Å². The zero-order chi connectivity index (χ0) is 15.2. The predicted molar refractivity (Wildman–Crippen MR) is 77.1 cm³/mol. The lowest BCUT2D eigenvalue weighted by atomic mass is 10.2. The van der Waals surface area contributed by atoms with Crippen molar-refractivity contribution in [1.82, 2.24) is 14.5 Å². The lowest BCUT2D eigenvalue weighted by molar-refractivity contribution is -0.0153. The molecule has 1 aliphatic heterocycles. The summed E-state index contributed by atoms with van der Waals surface area (Å²) in [6, 6.07) is -0.103. The van der Waals surface area contributed by atoms with Gasteiger partial charge in [-0.05, 0) is 12.8 Å². The van der Waals surface area contributed by atoms with E-state index >= 15 is 0 Å². The van der Waals surface area contributed by atoms with Crippen LogP contribution < -0.4 is 5.32 Å². The van der Waals surface area contributed by atoms with Gasteiger partial charge in [0.15, 0.2) is 0 Å². The highest BCUT2D eigenvalue weighted by Crippen LogP contribution is 2.08. The van der Waals surface area contributed by atoms with E-state index in [-0.39, 0.29) is 12.1 Å². The number of carbonyl (C=O) groups is 1. The van der Waals surface area contributed by atoms with E-state index in [1.54, 1.807) is 4.90 Å². The fourth-order valence-electron chi connectivity index (χ4n) is 1.93. The van der Waals surface area contributed by atoms with Gasteiger partial charge in [-0.15, -0.1) is 0 Å². The maximum atomic E-state index is 11.9. The van der Waals surface area contributed by atoms with Crippen LogP contribution in [0.5, 0.6) is 0 Å². The smallest absolute Gasteiger partial charge is 0.317 e. The molecule has 1 fully saturated rings. The van der Waals surface area contributed by atoms with Crippen LogP contribution in [0.1, 0.15) is 19.8 Å². The molecule has 1 heterocycles. The molecule has 118 valence electrons. The number of nitrogens with one attached hydrogen (secondary N) is 1. The monoisotopic (exact) mass is 307 g/mol. The SMILES string of the molecule is CC[C@H]1CN(C(=O)NCCCN(C)S(C)(=O)=O)CCO1. The van der Waals surface area contributed by atoms with Crippen molar-refractivity contribution in [1.29, 1.82) is 0 Å². The van der Waals surface area contributed by atoms with E-state index in [2.05, 4.69) is 5.32 Å². The molecule has 1 rings (SSSR count). The van der Waals surface area contributed by atoms with Crippen LogP contribution in [0.25, 0.3) is 0 Å². The molecule has 1 atom stereocenters. The van der Waals surface area contributed by atoms with Crippen molar-refractivity contribution in [3.63, 3.8) is 0 Å². The Balaban J connectivity index is 2.23. The third-order valence-electron chi connectivity index (χ3n) is 3.37. The molecule has 1 N–H and O–H groups in total. The Labute approximate surface area is 121 Å². The van der Waals surface area contributed by atoms with Crippen molar-refractivity contribution in [3.05, 3.63) is 0 Å². The van der Waals surface area contributed by atoms with Crippen LogP contribution in [0.2, 0.25) is 0 Å². The van der Waals surface area contributed by atoms with Gasteiger partial charge in [-0.1, -0.05) is 6.92 Å². The molecule has 0 aromatic carbocycles. The first-order chi connectivity index (χ1) is 9.34. The number of carbonyl (C=O) groups excluding carboxylic acids is 1. The maximum Gasteiger partial charge on any atom is 0.317 e. The van der Waals surface area contributed by atoms with Gasteiger partial charge < -0.3 is 15.0 Å². The molecule has 7 nitrogen and oxygen atoms in total. The lowest BCUT2D eigenvalue weighted by Crippen LogP contribution is -2.49. The van der Waals surface area contributed by atoms with Crippen LogP contribution in [0, 0.1) is 0 Å². The molecule has 0 radical (unpaired) electrons. The van der Waals surface area contributed by atoms with E-state index in [4.69, 9.17) is 4.74 Å². The van der Waals surface area contributed by atoms with Crippen LogP contribution >= 0.6 is 0 Å². The average Bonchev–Trinajstić information content (AvgIpc) is 2.42. The van der Waals surface area contributed by atoms with E-state index in [0.29, 0.717) is 39.2 Å². The molecule has 20 heavy (non-hydrogen) atoms. The summed E-state index contributed by atoms with van der Waals surface area (Å²) in [5, 5.41) is 2.81. The number of rotatable bonds is 6. The predicted octanol–water partition coefficient (Wildman–Crippen LogP) is 0.0883. The highest BCUT2D eigenvalue weighted by Gasteiger charge is 2.22. The number of amides is 2. The molecule has 0 aromatic heterocycles. The van der Waals surface area contributed by atoms with Crippen LogP contribution in [-0.4, -0.2) is 75.8 Å². The Bertz CT molecular complexity index is 413. The Morgan fingerprint density at radius 2 is 2.20 bits per heavy atom. The molecule has 1 aliphatic rings. The fourth-order valence-corrected chi connectivity index (χ4v) is 2.39. The third-order valence-corrected chi connectivity index (χ3v) is 4.69. The molecule has 0 spiro atoms. The van der Waals surface area contributed by atoms with E-state index in [1.807, 2.05) is 6.92 Å². The van der Waals surface area contributed by atoms with Crippen LogP contribution in [0.15, 0.2) is 0 Å². The summed E-state index contributed by atoms with van der Waals surface area (Å²) in [4.78, 5) is 13.7. The number of hydrogen-bond donors (Lipinski definition) is 1. The number of nitrogens with zero attached hydrogens (tertiary/aromatic N) is 2. The Morgan fingerprint density at radius 1 is 1.50 bits per heavy atom. The van der Waals surface area contributed by atoms with Crippen molar-refractivity contribution in [3.8, 4) is 0 Å². The fraction of sp³-hybridized carbons (Fsp3) is 0.917. The summed E-state index contributed by atoms with van der Waals surface area (Å²) in [7, 11) is -1.61. The second kappa shape index (κ2) is 7.80. The molecule has 2 amide bonds. The summed E-state index contributed by atoms with van der Waals surface area (Å²) in [5.41, 5.74) is 0. The highest BCUT2D eigenvalue weighted by atomic mass is 32.2. The molecule has 0 aromatic rings. The van der Waals surface area contributed by atoms with Gasteiger partial charge in [0.2, 0.25) is 10.0 Å². The van der Waals surface area contributed by atoms with Crippen LogP contribution in [-0.2, 0) is 14.8 Å². The first-order valence-corrected chi connectivity index (χ1v) is 8.75. The highest BCUT2D eigenvalue weighted by molar-refractivity contribution is 7.88. The number of sulfonamides is 1. The molecule has 0 aliphatic carbocycles. The second-order valence-corrected chi connectivity index (χ2v) is 7.11. The number of hydrogen-bond acceptors (Lipinski definition) is 4. The summed E-state index contributed by atoms with van der Waals surface area (Å²) < 4.78 is 29.2. The third kappa shape index (κ3) is 5.64. The normalized spacial score (nSPS) is 20.2. The van der Waals surface area contributed by atoms with E-state index in [0.717, 1.165) is 6.42 Å². The van der Waals surface area contributed by atoms with Crippen molar-refractivity contribution >= 4 is 16.1 Å². The van der Waals surface area contributed by atoms with Gasteiger partial charge in [-0.2, -0.15) is 0 Å². The van der Waals surface area contributed by atoms with Gasteiger partial charge in [0, 0.05) is 33.2 Å². The van der Waals surface area contributed by atoms with Crippen LogP contribution in [0.4, 0.5) is 4.79 Å². The van der Waals surface area contributed by atoms with Crippen molar-refractivity contribution < 1.29 is 17.9 Å². The topological polar surface area (TPSA) is 79.0 Å². The van der Waals surface area contributed by atoms with Gasteiger partial charge in [0.05, 0.1) is 19.0 Å². The van der Waals surface area contributed by atoms with Gasteiger partial charge in [-0.25, -0.2) is 17.5 Å². The molecule has 8 heteroatoms. The number of urea groups is 1. The largest absolute Gasteiger partial charge is 0.375 e. The molecular formula is C12H25N3O4S. The Morgan fingerprint density at radius 3 is 2.80 bits per heavy atom. The minimum absolute atomic E-state index is 0.103. The molecule has 1 saturated heterocycles. The molecular weight excluding hydrogens is 282 g/mol. The second-order valence-electron chi connectivity index (χ2n) is 5.02. The lowest BCUT2D eigenvalue weighted by Gasteiger charge is -2.32. The van der Waals surface area contributed by atoms with Gasteiger partial charge in [0.25, 0.3) is 0 Å². The number of morpholine rings is 1. The molecule has 0 bridgehead atoms. The van der Waals surface area contributed by atoms with E-state index in [1.165, 1.54) is 17.6 Å². The van der Waals surface area contributed by atoms with Gasteiger partial charge >= 0.3 is 6.03 Å². The molecule has 0 unspecified atom stereocenters. The van der Waals surface area contributed by atoms with Crippen molar-refractivity contribution in [2.45, 2.75) is 25.9 Å². The minimum Gasteiger partial charge on any atom is -0.375 e. The summed E-state index contributed by atoms with van der Waals surface area (Å²) in [6.45, 7) is 4.69. The van der Waals surface area contributed by atoms with Crippen LogP contribution in [0.3, 0.4) is 0 Å².